The topological polar surface area (TPSA) is 64.5 Å². The normalized spacial score (nSPS) is 10.3. The molecule has 5 nitrogen and oxygen atoms in total. The van der Waals surface area contributed by atoms with Crippen LogP contribution in [0.5, 0.6) is 0 Å². The van der Waals surface area contributed by atoms with Crippen molar-refractivity contribution in [3.05, 3.63) is 29.9 Å². The lowest BCUT2D eigenvalue weighted by atomic mass is 10.2. The fourth-order valence-electron chi connectivity index (χ4n) is 1.00. The van der Waals surface area contributed by atoms with E-state index >= 15 is 0 Å². The van der Waals surface area contributed by atoms with Crippen molar-refractivity contribution in [3.63, 3.8) is 0 Å². The number of halogens is 2. The van der Waals surface area contributed by atoms with Gasteiger partial charge in [-0.1, -0.05) is 0 Å². The molecular weight excluding hydrogens is 204 g/mol. The number of pyridine rings is 1. The molecule has 0 spiro atoms. The number of nitrogens with zero attached hydrogens (tertiary/aromatic N) is 5. The van der Waals surface area contributed by atoms with Crippen LogP contribution in [-0.2, 0) is 0 Å². The SMILES string of the molecule is Cc1nnc(-c2c(F)cncc2F)nn1. The number of aromatic nitrogens is 5. The Morgan fingerprint density at radius 1 is 0.933 bits per heavy atom. The second-order valence-electron chi connectivity index (χ2n) is 2.75. The molecule has 2 heterocycles. The second kappa shape index (κ2) is 3.60. The molecule has 0 aliphatic carbocycles. The van der Waals surface area contributed by atoms with E-state index in [4.69, 9.17) is 0 Å². The van der Waals surface area contributed by atoms with E-state index in [1.807, 2.05) is 0 Å². The van der Waals surface area contributed by atoms with Crippen LogP contribution < -0.4 is 0 Å². The number of hydrogen-bond acceptors (Lipinski definition) is 5. The van der Waals surface area contributed by atoms with E-state index in [-0.39, 0.29) is 11.4 Å². The molecule has 76 valence electrons. The van der Waals surface area contributed by atoms with Crippen molar-refractivity contribution >= 4 is 0 Å². The lowest BCUT2D eigenvalue weighted by molar-refractivity contribution is 0.575. The van der Waals surface area contributed by atoms with E-state index in [0.717, 1.165) is 12.4 Å². The van der Waals surface area contributed by atoms with Crippen LogP contribution in [0, 0.1) is 18.6 Å². The lowest BCUT2D eigenvalue weighted by Crippen LogP contribution is -2.02. The maximum atomic E-state index is 13.2. The van der Waals surface area contributed by atoms with Gasteiger partial charge in [-0.15, -0.1) is 20.4 Å². The van der Waals surface area contributed by atoms with E-state index in [0.29, 0.717) is 5.82 Å². The van der Waals surface area contributed by atoms with Gasteiger partial charge in [0, 0.05) is 0 Å². The molecule has 0 amide bonds. The van der Waals surface area contributed by atoms with Crippen molar-refractivity contribution in [2.75, 3.05) is 0 Å². The number of rotatable bonds is 1. The highest BCUT2D eigenvalue weighted by Gasteiger charge is 2.15. The molecule has 0 aliphatic rings. The Morgan fingerprint density at radius 2 is 1.47 bits per heavy atom. The van der Waals surface area contributed by atoms with Crippen LogP contribution in [0.4, 0.5) is 8.78 Å². The summed E-state index contributed by atoms with van der Waals surface area (Å²) in [6, 6.07) is 0. The van der Waals surface area contributed by atoms with Gasteiger partial charge in [0.25, 0.3) is 0 Å². The summed E-state index contributed by atoms with van der Waals surface area (Å²) in [6.45, 7) is 1.57. The molecule has 0 N–H and O–H groups in total. The molecule has 0 bridgehead atoms. The third kappa shape index (κ3) is 1.76. The van der Waals surface area contributed by atoms with Gasteiger partial charge in [0.2, 0.25) is 5.82 Å². The second-order valence-corrected chi connectivity index (χ2v) is 2.75. The fraction of sp³-hybridized carbons (Fsp3) is 0.125. The first kappa shape index (κ1) is 9.50. The Labute approximate surface area is 83.2 Å². The minimum atomic E-state index is -0.845. The fourth-order valence-corrected chi connectivity index (χ4v) is 1.00. The summed E-state index contributed by atoms with van der Waals surface area (Å²) in [6.07, 6.45) is 1.75. The van der Waals surface area contributed by atoms with Gasteiger partial charge in [-0.3, -0.25) is 4.98 Å². The van der Waals surface area contributed by atoms with Crippen LogP contribution in [0.2, 0.25) is 0 Å². The van der Waals surface area contributed by atoms with Gasteiger partial charge in [0.05, 0.1) is 18.0 Å². The van der Waals surface area contributed by atoms with Gasteiger partial charge < -0.3 is 0 Å². The van der Waals surface area contributed by atoms with Gasteiger partial charge in [-0.05, 0) is 6.92 Å². The summed E-state index contributed by atoms with van der Waals surface area (Å²) < 4.78 is 26.4. The quantitative estimate of drug-likeness (QED) is 0.698. The monoisotopic (exact) mass is 209 g/mol. The molecule has 0 aliphatic heterocycles. The van der Waals surface area contributed by atoms with Crippen molar-refractivity contribution in [1.82, 2.24) is 25.4 Å². The molecule has 2 aromatic heterocycles. The molecule has 2 aromatic rings. The average molecular weight is 209 g/mol. The third-order valence-corrected chi connectivity index (χ3v) is 1.66. The predicted octanol–water partition coefficient (Wildman–Crippen LogP) is 0.915. The van der Waals surface area contributed by atoms with Gasteiger partial charge in [0.1, 0.15) is 0 Å². The summed E-state index contributed by atoms with van der Waals surface area (Å²) >= 11 is 0. The Kier molecular flexibility index (Phi) is 2.28. The van der Waals surface area contributed by atoms with Crippen LogP contribution in [-0.4, -0.2) is 25.4 Å². The molecule has 0 saturated heterocycles. The largest absolute Gasteiger partial charge is 0.259 e. The first-order valence-corrected chi connectivity index (χ1v) is 4.02. The van der Waals surface area contributed by atoms with Crippen LogP contribution in [0.25, 0.3) is 11.4 Å². The molecule has 7 heteroatoms. The summed E-state index contributed by atoms with van der Waals surface area (Å²) in [7, 11) is 0. The molecule has 0 radical (unpaired) electrons. The third-order valence-electron chi connectivity index (χ3n) is 1.66. The van der Waals surface area contributed by atoms with Crippen LogP contribution in [0.3, 0.4) is 0 Å². The predicted molar refractivity (Wildman–Crippen MR) is 45.5 cm³/mol. The minimum absolute atomic E-state index is 0.196. The molecular formula is C8H5F2N5. The summed E-state index contributed by atoms with van der Waals surface area (Å²) in [4.78, 5) is 3.34. The summed E-state index contributed by atoms with van der Waals surface area (Å²) in [5.41, 5.74) is -0.370. The van der Waals surface area contributed by atoms with E-state index in [1.54, 1.807) is 6.92 Å². The lowest BCUT2D eigenvalue weighted by Gasteiger charge is -2.00. The van der Waals surface area contributed by atoms with Gasteiger partial charge in [-0.2, -0.15) is 0 Å². The standard InChI is InChI=1S/C8H5F2N5/c1-4-12-14-8(15-13-4)7-5(9)2-11-3-6(7)10/h2-3H,1H3. The first-order chi connectivity index (χ1) is 7.18. The molecule has 2 rings (SSSR count). The van der Waals surface area contributed by atoms with E-state index < -0.39 is 11.6 Å². The van der Waals surface area contributed by atoms with E-state index in [9.17, 15) is 8.78 Å². The summed E-state index contributed by atoms with van der Waals surface area (Å²) in [5, 5.41) is 14.2. The maximum Gasteiger partial charge on any atom is 0.209 e. The molecule has 0 unspecified atom stereocenters. The zero-order chi connectivity index (χ0) is 10.8. The highest BCUT2D eigenvalue weighted by molar-refractivity contribution is 5.54. The first-order valence-electron chi connectivity index (χ1n) is 4.02. The highest BCUT2D eigenvalue weighted by atomic mass is 19.1. The molecule has 0 fully saturated rings. The Morgan fingerprint density at radius 3 is 2.00 bits per heavy atom. The van der Waals surface area contributed by atoms with Crippen molar-refractivity contribution in [3.8, 4) is 11.4 Å². The van der Waals surface area contributed by atoms with Crippen molar-refractivity contribution in [1.29, 1.82) is 0 Å². The molecule has 0 aromatic carbocycles. The average Bonchev–Trinajstić information content (AvgIpc) is 2.20. The molecule has 15 heavy (non-hydrogen) atoms. The number of hydrogen-bond donors (Lipinski definition) is 0. The van der Waals surface area contributed by atoms with Crippen molar-refractivity contribution < 1.29 is 8.78 Å². The molecule has 0 atom stereocenters. The van der Waals surface area contributed by atoms with Crippen molar-refractivity contribution in [2.45, 2.75) is 6.92 Å². The van der Waals surface area contributed by atoms with E-state index in [1.165, 1.54) is 0 Å². The van der Waals surface area contributed by atoms with Crippen LogP contribution >= 0.6 is 0 Å². The van der Waals surface area contributed by atoms with Crippen LogP contribution in [0.15, 0.2) is 12.4 Å². The number of aryl methyl sites for hydroxylation is 1. The van der Waals surface area contributed by atoms with Gasteiger partial charge in [-0.25, -0.2) is 8.78 Å². The zero-order valence-electron chi connectivity index (χ0n) is 7.65. The van der Waals surface area contributed by atoms with Gasteiger partial charge >= 0.3 is 0 Å². The van der Waals surface area contributed by atoms with Crippen LogP contribution in [0.1, 0.15) is 5.82 Å². The van der Waals surface area contributed by atoms with E-state index in [2.05, 4.69) is 25.4 Å². The van der Waals surface area contributed by atoms with Crippen molar-refractivity contribution in [2.24, 2.45) is 0 Å². The van der Waals surface area contributed by atoms with Gasteiger partial charge in [0.15, 0.2) is 17.5 Å². The highest BCUT2D eigenvalue weighted by Crippen LogP contribution is 2.19. The Bertz CT molecular complexity index is 465. The smallest absolute Gasteiger partial charge is 0.209 e. The Hall–Kier alpha value is -2.05. The zero-order valence-corrected chi connectivity index (χ0v) is 7.65. The summed E-state index contributed by atoms with van der Waals surface area (Å²) in [5.74, 6) is -1.56. The minimum Gasteiger partial charge on any atom is -0.259 e. The maximum absolute atomic E-state index is 13.2. The Balaban J connectivity index is 2.58. The molecule has 0 saturated carbocycles.